The van der Waals surface area contributed by atoms with Crippen LogP contribution in [0.4, 0.5) is 0 Å². The molecule has 6 aliphatic carbocycles. The molecule has 3 atom stereocenters. The van der Waals surface area contributed by atoms with Crippen LogP contribution in [-0.2, 0) is 71.8 Å². The Kier molecular flexibility index (Phi) is 19.0. The number of nitrogens with zero attached hydrogens (tertiary/aromatic N) is 5. The van der Waals surface area contributed by atoms with Crippen LogP contribution in [-0.4, -0.2) is 140 Å². The molecule has 13 nitrogen and oxygen atoms in total. The van der Waals surface area contributed by atoms with Crippen LogP contribution in [0.2, 0.25) is 0 Å². The van der Waals surface area contributed by atoms with E-state index in [1.165, 1.54) is 82.7 Å². The van der Waals surface area contributed by atoms with Crippen molar-refractivity contribution in [3.63, 3.8) is 0 Å². The van der Waals surface area contributed by atoms with Gasteiger partial charge in [-0.25, -0.2) is 17.8 Å². The second-order valence-corrected chi connectivity index (χ2v) is 33.1. The van der Waals surface area contributed by atoms with Gasteiger partial charge in [0.2, 0.25) is 15.9 Å². The van der Waals surface area contributed by atoms with Crippen molar-refractivity contribution >= 4 is 48.6 Å². The van der Waals surface area contributed by atoms with E-state index in [4.69, 9.17) is 4.84 Å². The standard InChI is InChI=1S/C30H39N3O2S.C28H35N3O2.C26H32N2O/c1-32(2)30(23-11-5-3-6-12-23)19-17-29(18-20-30)27(36(34,35)33-21-9-4-10-22-33)16-15-25-24-13-7-8-14-26(24)31-28(25)29;1-30(2)28(20-10-6-5-7-11-20)18-16-27(17-19-28)23(26(32)31(3)33-4)15-14-22-21-12-8-9-13-24(21)29-25(22)27;1-28(2)26(19-8-4-3-5-9-19)16-14-25(15-17-26)20(18-29)12-13-22-21-10-6-7-11-23(21)27-24(22)25/h3,5-8,11-14,27,31H,4,9-10,15-22H2,1-2H3;5-13,23,29H,14-19H2,1-4H3;3-11,20,27,29H,12-18H2,1-2H3. The van der Waals surface area contributed by atoms with E-state index in [9.17, 15) is 18.3 Å². The van der Waals surface area contributed by atoms with Crippen LogP contribution in [0.1, 0.15) is 166 Å². The summed E-state index contributed by atoms with van der Waals surface area (Å²) in [5, 5.41) is 15.4. The molecule has 1 saturated heterocycles. The van der Waals surface area contributed by atoms with Crippen LogP contribution in [0, 0.1) is 11.8 Å². The summed E-state index contributed by atoms with van der Waals surface area (Å²) in [5.74, 6) is 0.358. The molecule has 0 radical (unpaired) electrons. The lowest BCUT2D eigenvalue weighted by Crippen LogP contribution is -2.57. The second-order valence-electron chi connectivity index (χ2n) is 31.0. The number of H-pyrrole nitrogens is 3. The molecule has 4 heterocycles. The Labute approximate surface area is 582 Å². The molecule has 98 heavy (non-hydrogen) atoms. The zero-order chi connectivity index (χ0) is 68.2. The van der Waals surface area contributed by atoms with Crippen molar-refractivity contribution in [2.45, 2.75) is 173 Å². The molecule has 14 heteroatoms. The van der Waals surface area contributed by atoms with Crippen molar-refractivity contribution in [2.24, 2.45) is 11.8 Å². The maximum Gasteiger partial charge on any atom is 0.249 e. The zero-order valence-corrected chi connectivity index (χ0v) is 60.3. The van der Waals surface area contributed by atoms with E-state index in [1.54, 1.807) is 14.2 Å². The van der Waals surface area contributed by atoms with E-state index in [2.05, 4.69) is 236 Å². The number of sulfonamides is 1. The number of aromatic amines is 3. The van der Waals surface area contributed by atoms with E-state index in [0.29, 0.717) is 25.4 Å². The van der Waals surface area contributed by atoms with Crippen LogP contribution in [0.15, 0.2) is 164 Å². The lowest BCUT2D eigenvalue weighted by Gasteiger charge is -2.54. The molecule has 3 saturated carbocycles. The number of carbonyl (C=O) groups excluding carboxylic acids is 1. The Bertz CT molecular complexity index is 4350. The predicted molar refractivity (Wildman–Crippen MR) is 398 cm³/mol. The number of nitrogens with one attached hydrogen (secondary N) is 3. The first-order valence-corrected chi connectivity index (χ1v) is 38.3. The van der Waals surface area contributed by atoms with Gasteiger partial charge in [0.1, 0.15) is 0 Å². The second kappa shape index (κ2) is 27.2. The number of fused-ring (bicyclic) bond motifs is 12. The minimum atomic E-state index is -3.40. The fourth-order valence-electron chi connectivity index (χ4n) is 21.0. The third-order valence-corrected chi connectivity index (χ3v) is 29.1. The van der Waals surface area contributed by atoms with Crippen LogP contribution in [0.25, 0.3) is 32.7 Å². The van der Waals surface area contributed by atoms with E-state index in [-0.39, 0.29) is 56.5 Å². The van der Waals surface area contributed by atoms with Crippen molar-refractivity contribution in [3.05, 3.63) is 214 Å². The molecule has 3 aromatic heterocycles. The molecule has 0 bridgehead atoms. The topological polar surface area (TPSA) is 144 Å². The third kappa shape index (κ3) is 11.3. The normalized spacial score (nSPS) is 28.7. The monoisotopic (exact) mass is 1340 g/mol. The third-order valence-electron chi connectivity index (χ3n) is 26.6. The number of amides is 1. The molecular formula is C84H106N8O5S. The Morgan fingerprint density at radius 3 is 1.20 bits per heavy atom. The number of aliphatic hydroxyl groups is 1. The van der Waals surface area contributed by atoms with Gasteiger partial charge in [-0.15, -0.1) is 0 Å². The number of benzene rings is 6. The molecule has 3 unspecified atom stereocenters. The summed E-state index contributed by atoms with van der Waals surface area (Å²) in [4.78, 5) is 37.5. The van der Waals surface area contributed by atoms with Crippen LogP contribution < -0.4 is 0 Å². The Hall–Kier alpha value is -6.88. The van der Waals surface area contributed by atoms with Gasteiger partial charge in [-0.05, 0) is 228 Å². The molecule has 3 spiro atoms. The van der Waals surface area contributed by atoms with Gasteiger partial charge in [-0.1, -0.05) is 152 Å². The Morgan fingerprint density at radius 2 is 0.806 bits per heavy atom. The average molecular weight is 1340 g/mol. The van der Waals surface area contributed by atoms with Gasteiger partial charge in [0, 0.05) is 109 Å². The number of carbonyl (C=O) groups is 1. The van der Waals surface area contributed by atoms with Gasteiger partial charge in [0.05, 0.1) is 18.3 Å². The highest BCUT2D eigenvalue weighted by atomic mass is 32.2. The lowest BCUT2D eigenvalue weighted by atomic mass is 9.55. The smallest absolute Gasteiger partial charge is 0.249 e. The lowest BCUT2D eigenvalue weighted by molar-refractivity contribution is -0.178. The first-order chi connectivity index (χ1) is 47.4. The highest BCUT2D eigenvalue weighted by Gasteiger charge is 2.59. The van der Waals surface area contributed by atoms with E-state index < -0.39 is 10.0 Å². The van der Waals surface area contributed by atoms with Crippen molar-refractivity contribution in [1.82, 2.24) is 39.0 Å². The molecule has 4 fully saturated rings. The maximum absolute atomic E-state index is 14.3. The van der Waals surface area contributed by atoms with Crippen molar-refractivity contribution in [3.8, 4) is 0 Å². The highest BCUT2D eigenvalue weighted by molar-refractivity contribution is 7.89. The molecule has 1 aliphatic heterocycles. The highest BCUT2D eigenvalue weighted by Crippen LogP contribution is 2.60. The summed E-state index contributed by atoms with van der Waals surface area (Å²) in [6.45, 7) is 1.65. The Balaban J connectivity index is 0.000000126. The van der Waals surface area contributed by atoms with Gasteiger partial charge < -0.3 is 20.1 Å². The summed E-state index contributed by atoms with van der Waals surface area (Å²) in [5.41, 5.74) is 15.4. The first kappa shape index (κ1) is 68.3. The number of hydroxylamine groups is 2. The quantitative estimate of drug-likeness (QED) is 0.0938. The summed E-state index contributed by atoms with van der Waals surface area (Å²) in [7, 11) is 13.1. The molecule has 9 aromatic rings. The van der Waals surface area contributed by atoms with Crippen LogP contribution in [0.5, 0.6) is 0 Å². The summed E-state index contributed by atoms with van der Waals surface area (Å²) < 4.78 is 30.4. The summed E-state index contributed by atoms with van der Waals surface area (Å²) in [6, 6.07) is 58.6. The number of para-hydroxylation sites is 3. The summed E-state index contributed by atoms with van der Waals surface area (Å²) in [6.07, 6.45) is 20.7. The number of hydrogen-bond donors (Lipinski definition) is 4. The number of aliphatic hydroxyl groups excluding tert-OH is 1. The molecule has 16 rings (SSSR count). The number of aryl methyl sites for hydroxylation is 3. The molecule has 518 valence electrons. The molecule has 6 aromatic carbocycles. The van der Waals surface area contributed by atoms with E-state index in [1.807, 2.05) is 4.31 Å². The molecule has 4 N–H and O–H groups in total. The molecular weight excluding hydrogens is 1230 g/mol. The Morgan fingerprint density at radius 1 is 0.459 bits per heavy atom. The fourth-order valence-corrected chi connectivity index (χ4v) is 23.4. The minimum Gasteiger partial charge on any atom is -0.396 e. The predicted octanol–water partition coefficient (Wildman–Crippen LogP) is 15.6. The van der Waals surface area contributed by atoms with Gasteiger partial charge in [0.15, 0.2) is 0 Å². The zero-order valence-electron chi connectivity index (χ0n) is 59.5. The molecule has 1 amide bonds. The van der Waals surface area contributed by atoms with Gasteiger partial charge in [-0.3, -0.25) is 24.3 Å². The number of rotatable bonds is 11. The number of piperidine rings is 1. The van der Waals surface area contributed by atoms with Gasteiger partial charge >= 0.3 is 0 Å². The van der Waals surface area contributed by atoms with Crippen LogP contribution in [0.3, 0.4) is 0 Å². The first-order valence-electron chi connectivity index (χ1n) is 36.8. The largest absolute Gasteiger partial charge is 0.396 e. The van der Waals surface area contributed by atoms with Crippen LogP contribution >= 0.6 is 0 Å². The maximum atomic E-state index is 14.3. The SMILES string of the molecule is CN(C)C1(c2ccccc2)CCC2(CC1)c1[nH]c3ccccc3c1CCC2CO.CN(C)C1(c2ccccc2)CCC2(CC1)c1[nH]c3ccccc3c1CCC2S(=O)(=O)N1CCCCC1.CON(C)C(=O)C1CCc2c([nH]c3ccccc23)C12CCC(c1ccccc1)(N(C)C)CC2. The van der Waals surface area contributed by atoms with Gasteiger partial charge in [0.25, 0.3) is 0 Å². The summed E-state index contributed by atoms with van der Waals surface area (Å²) >= 11 is 0. The van der Waals surface area contributed by atoms with Crippen molar-refractivity contribution < 1.29 is 23.2 Å². The van der Waals surface area contributed by atoms with E-state index in [0.717, 1.165) is 134 Å². The average Bonchev–Trinajstić information content (AvgIpc) is 1.38. The van der Waals surface area contributed by atoms with Crippen molar-refractivity contribution in [1.29, 1.82) is 0 Å². The van der Waals surface area contributed by atoms with Crippen molar-refractivity contribution in [2.75, 3.05) is 76.1 Å². The van der Waals surface area contributed by atoms with E-state index >= 15 is 0 Å². The van der Waals surface area contributed by atoms with Gasteiger partial charge in [-0.2, -0.15) is 0 Å². The molecule has 7 aliphatic rings. The fraction of sp³-hybridized carbons (Fsp3) is 0.488. The number of hydrogen-bond acceptors (Lipinski definition) is 8. The minimum absolute atomic E-state index is 0.0170. The number of aromatic nitrogens is 3.